The summed E-state index contributed by atoms with van der Waals surface area (Å²) >= 11 is 0. The third-order valence-corrected chi connectivity index (χ3v) is 4.04. The first kappa shape index (κ1) is 16.3. The van der Waals surface area contributed by atoms with Crippen molar-refractivity contribution >= 4 is 5.91 Å². The number of fused-ring (bicyclic) bond motifs is 1. The number of hydrogen-bond donors (Lipinski definition) is 2. The Labute approximate surface area is 141 Å². The van der Waals surface area contributed by atoms with Gasteiger partial charge in [-0.3, -0.25) is 4.79 Å². The molecule has 3 N–H and O–H groups in total. The molecule has 3 rings (SSSR count). The summed E-state index contributed by atoms with van der Waals surface area (Å²) in [6, 6.07) is 12.9. The number of nitrogens with two attached hydrogens (primary N) is 1. The number of rotatable bonds is 5. The van der Waals surface area contributed by atoms with Crippen LogP contribution in [0.4, 0.5) is 0 Å². The second kappa shape index (κ2) is 7.36. The highest BCUT2D eigenvalue weighted by Gasteiger charge is 2.15. The fourth-order valence-corrected chi connectivity index (χ4v) is 2.61. The molecule has 1 atom stereocenters. The van der Waals surface area contributed by atoms with Crippen molar-refractivity contribution in [2.75, 3.05) is 19.8 Å². The van der Waals surface area contributed by atoms with Crippen LogP contribution in [0.25, 0.3) is 0 Å². The first-order valence-corrected chi connectivity index (χ1v) is 8.12. The van der Waals surface area contributed by atoms with Crippen molar-refractivity contribution in [1.29, 1.82) is 0 Å². The number of hydrogen-bond acceptors (Lipinski definition) is 4. The van der Waals surface area contributed by atoms with Gasteiger partial charge in [-0.25, -0.2) is 0 Å². The summed E-state index contributed by atoms with van der Waals surface area (Å²) in [4.78, 5) is 12.2. The Morgan fingerprint density at radius 3 is 2.58 bits per heavy atom. The Balaban J connectivity index is 1.52. The van der Waals surface area contributed by atoms with Gasteiger partial charge in [0.2, 0.25) is 5.91 Å². The van der Waals surface area contributed by atoms with Gasteiger partial charge in [-0.1, -0.05) is 35.9 Å². The second-order valence-corrected chi connectivity index (χ2v) is 5.91. The number of amides is 1. The van der Waals surface area contributed by atoms with Crippen LogP contribution in [0.5, 0.6) is 11.5 Å². The minimum Gasteiger partial charge on any atom is -0.486 e. The largest absolute Gasteiger partial charge is 0.486 e. The Kier molecular flexibility index (Phi) is 5.01. The highest BCUT2D eigenvalue weighted by molar-refractivity contribution is 5.82. The minimum atomic E-state index is -0.647. The molecule has 2 aromatic carbocycles. The van der Waals surface area contributed by atoms with Gasteiger partial charge in [0.05, 0.1) is 0 Å². The number of ether oxygens (including phenoxy) is 2. The molecule has 0 fully saturated rings. The third-order valence-electron chi connectivity index (χ3n) is 4.04. The van der Waals surface area contributed by atoms with Crippen molar-refractivity contribution in [3.05, 3.63) is 59.2 Å². The Hall–Kier alpha value is -2.53. The summed E-state index contributed by atoms with van der Waals surface area (Å²) in [6.07, 6.45) is 0.711. The molecule has 0 aromatic heterocycles. The average Bonchev–Trinajstić information content (AvgIpc) is 2.61. The van der Waals surface area contributed by atoms with Gasteiger partial charge in [-0.15, -0.1) is 0 Å². The molecule has 0 bridgehead atoms. The van der Waals surface area contributed by atoms with E-state index in [1.54, 1.807) is 0 Å². The zero-order valence-corrected chi connectivity index (χ0v) is 13.7. The minimum absolute atomic E-state index is 0.170. The van der Waals surface area contributed by atoms with E-state index in [9.17, 15) is 4.79 Å². The Bertz CT molecular complexity index is 713. The van der Waals surface area contributed by atoms with E-state index in [-0.39, 0.29) is 5.91 Å². The number of carbonyl (C=O) groups is 1. The lowest BCUT2D eigenvalue weighted by molar-refractivity contribution is -0.122. The lowest BCUT2D eigenvalue weighted by Gasteiger charge is -2.19. The summed E-state index contributed by atoms with van der Waals surface area (Å²) in [5.41, 5.74) is 9.06. The molecule has 2 aromatic rings. The topological polar surface area (TPSA) is 73.6 Å². The van der Waals surface area contributed by atoms with Crippen LogP contribution in [0.1, 0.15) is 22.7 Å². The molecule has 1 heterocycles. The quantitative estimate of drug-likeness (QED) is 0.883. The first-order chi connectivity index (χ1) is 11.6. The van der Waals surface area contributed by atoms with Crippen molar-refractivity contribution in [3.63, 3.8) is 0 Å². The first-order valence-electron chi connectivity index (χ1n) is 8.12. The molecule has 1 aliphatic rings. The zero-order chi connectivity index (χ0) is 16.9. The number of nitrogens with one attached hydrogen (secondary N) is 1. The monoisotopic (exact) mass is 326 g/mol. The van der Waals surface area contributed by atoms with Gasteiger partial charge >= 0.3 is 0 Å². The molecule has 0 spiro atoms. The molecule has 0 saturated carbocycles. The molecule has 24 heavy (non-hydrogen) atoms. The van der Waals surface area contributed by atoms with Crippen molar-refractivity contribution < 1.29 is 14.3 Å². The summed E-state index contributed by atoms with van der Waals surface area (Å²) in [7, 11) is 0. The van der Waals surface area contributed by atoms with E-state index in [0.29, 0.717) is 26.2 Å². The van der Waals surface area contributed by atoms with E-state index < -0.39 is 6.04 Å². The van der Waals surface area contributed by atoms with E-state index in [1.165, 1.54) is 0 Å². The standard InChI is InChI=1S/C19H22N2O3/c1-13-2-5-15(6-3-13)18(20)19(22)21-9-8-14-4-7-16-17(12-14)24-11-10-23-16/h2-7,12,18H,8-11,20H2,1H3,(H,21,22). The van der Waals surface area contributed by atoms with E-state index >= 15 is 0 Å². The van der Waals surface area contributed by atoms with Crippen LogP contribution in [0.3, 0.4) is 0 Å². The fraction of sp³-hybridized carbons (Fsp3) is 0.316. The molecule has 1 unspecified atom stereocenters. The second-order valence-electron chi connectivity index (χ2n) is 5.91. The molecule has 0 aliphatic carbocycles. The Morgan fingerprint density at radius 1 is 1.12 bits per heavy atom. The summed E-state index contributed by atoms with van der Waals surface area (Å²) < 4.78 is 11.1. The van der Waals surface area contributed by atoms with Gasteiger partial charge in [0.1, 0.15) is 19.3 Å². The molecule has 5 heteroatoms. The van der Waals surface area contributed by atoms with Crippen molar-refractivity contribution in [3.8, 4) is 11.5 Å². The number of aryl methyl sites for hydroxylation is 1. The van der Waals surface area contributed by atoms with E-state index in [1.807, 2.05) is 49.4 Å². The number of carbonyl (C=O) groups excluding carboxylic acids is 1. The third kappa shape index (κ3) is 3.86. The molecule has 1 amide bonds. The van der Waals surface area contributed by atoms with Gasteiger partial charge in [-0.2, -0.15) is 0 Å². The van der Waals surface area contributed by atoms with Crippen molar-refractivity contribution in [2.45, 2.75) is 19.4 Å². The van der Waals surface area contributed by atoms with Gasteiger partial charge in [-0.05, 0) is 36.6 Å². The lowest BCUT2D eigenvalue weighted by atomic mass is 10.1. The molecule has 126 valence electrons. The van der Waals surface area contributed by atoms with Crippen LogP contribution in [0.2, 0.25) is 0 Å². The van der Waals surface area contributed by atoms with E-state index in [4.69, 9.17) is 15.2 Å². The van der Waals surface area contributed by atoms with Gasteiger partial charge in [0.15, 0.2) is 11.5 Å². The summed E-state index contributed by atoms with van der Waals surface area (Å²) in [5, 5.41) is 2.89. The Morgan fingerprint density at radius 2 is 1.83 bits per heavy atom. The van der Waals surface area contributed by atoms with Crippen LogP contribution in [0, 0.1) is 6.92 Å². The summed E-state index contributed by atoms with van der Waals surface area (Å²) in [5.74, 6) is 1.37. The maximum Gasteiger partial charge on any atom is 0.241 e. The van der Waals surface area contributed by atoms with Gasteiger partial charge in [0, 0.05) is 6.54 Å². The SMILES string of the molecule is Cc1ccc(C(N)C(=O)NCCc2ccc3c(c2)OCCO3)cc1. The van der Waals surface area contributed by atoms with Crippen LogP contribution in [-0.2, 0) is 11.2 Å². The molecule has 1 aliphatic heterocycles. The smallest absolute Gasteiger partial charge is 0.241 e. The van der Waals surface area contributed by atoms with E-state index in [0.717, 1.165) is 28.2 Å². The molecule has 5 nitrogen and oxygen atoms in total. The number of benzene rings is 2. The predicted molar refractivity (Wildman–Crippen MR) is 92.3 cm³/mol. The molecule has 0 radical (unpaired) electrons. The van der Waals surface area contributed by atoms with E-state index in [2.05, 4.69) is 5.32 Å². The molecule has 0 saturated heterocycles. The van der Waals surface area contributed by atoms with Crippen LogP contribution >= 0.6 is 0 Å². The normalized spacial score (nSPS) is 14.1. The average molecular weight is 326 g/mol. The van der Waals surface area contributed by atoms with Crippen LogP contribution in [0.15, 0.2) is 42.5 Å². The maximum absolute atomic E-state index is 12.2. The lowest BCUT2D eigenvalue weighted by Crippen LogP contribution is -2.35. The van der Waals surface area contributed by atoms with Crippen LogP contribution in [-0.4, -0.2) is 25.7 Å². The summed E-state index contributed by atoms with van der Waals surface area (Å²) in [6.45, 7) is 3.68. The molecular formula is C19H22N2O3. The highest BCUT2D eigenvalue weighted by Crippen LogP contribution is 2.30. The predicted octanol–water partition coefficient (Wildman–Crippen LogP) is 2.12. The van der Waals surface area contributed by atoms with Gasteiger partial charge < -0.3 is 20.5 Å². The maximum atomic E-state index is 12.2. The van der Waals surface area contributed by atoms with Crippen molar-refractivity contribution in [2.24, 2.45) is 5.73 Å². The van der Waals surface area contributed by atoms with Crippen LogP contribution < -0.4 is 20.5 Å². The van der Waals surface area contributed by atoms with Gasteiger partial charge in [0.25, 0.3) is 0 Å². The molecular weight excluding hydrogens is 304 g/mol. The zero-order valence-electron chi connectivity index (χ0n) is 13.7. The van der Waals surface area contributed by atoms with Crippen molar-refractivity contribution in [1.82, 2.24) is 5.32 Å². The highest BCUT2D eigenvalue weighted by atomic mass is 16.6. The fourth-order valence-electron chi connectivity index (χ4n) is 2.61.